The highest BCUT2D eigenvalue weighted by Gasteiger charge is 2.30. The monoisotopic (exact) mass is 443 g/mol. The minimum atomic E-state index is -4.42. The third kappa shape index (κ3) is 5.94. The van der Waals surface area contributed by atoms with E-state index in [-0.39, 0.29) is 24.7 Å². The molecule has 31 heavy (non-hydrogen) atoms. The summed E-state index contributed by atoms with van der Waals surface area (Å²) < 4.78 is 74.6. The molecule has 1 heterocycles. The maximum atomic E-state index is 13.1. The number of nitrogens with zero attached hydrogens (tertiary/aromatic N) is 1. The molecule has 1 aliphatic rings. The molecule has 0 atom stereocenters. The van der Waals surface area contributed by atoms with E-state index in [1.807, 2.05) is 6.07 Å². The molecule has 0 saturated carbocycles. The van der Waals surface area contributed by atoms with Crippen LogP contribution < -0.4 is 4.74 Å². The Morgan fingerprint density at radius 2 is 1.77 bits per heavy atom. The molecular formula is C22H22F5NO3. The number of benzene rings is 2. The third-order valence-corrected chi connectivity index (χ3v) is 5.03. The second-order valence-corrected chi connectivity index (χ2v) is 7.17. The molecule has 0 fully saturated rings. The van der Waals surface area contributed by atoms with Crippen LogP contribution in [0.1, 0.15) is 36.5 Å². The molecule has 4 nitrogen and oxygen atoms in total. The maximum absolute atomic E-state index is 13.1. The number of ether oxygens (including phenoxy) is 2. The minimum Gasteiger partial charge on any atom is -0.457 e. The fourth-order valence-electron chi connectivity index (χ4n) is 3.27. The van der Waals surface area contributed by atoms with Crippen LogP contribution in [0.5, 0.6) is 11.5 Å². The molecule has 168 valence electrons. The van der Waals surface area contributed by atoms with Gasteiger partial charge in [-0.3, -0.25) is 4.79 Å². The van der Waals surface area contributed by atoms with Gasteiger partial charge in [-0.25, -0.2) is 0 Å². The second-order valence-electron chi connectivity index (χ2n) is 7.17. The number of hydrogen-bond acceptors (Lipinski definition) is 3. The topological polar surface area (TPSA) is 38.8 Å². The molecule has 1 aliphatic heterocycles. The smallest absolute Gasteiger partial charge is 0.416 e. The first-order valence-electron chi connectivity index (χ1n) is 9.84. The lowest BCUT2D eigenvalue weighted by atomic mass is 9.98. The van der Waals surface area contributed by atoms with Crippen molar-refractivity contribution in [2.45, 2.75) is 45.0 Å². The van der Waals surface area contributed by atoms with Crippen molar-refractivity contribution >= 4 is 5.91 Å². The summed E-state index contributed by atoms with van der Waals surface area (Å²) in [4.78, 5) is 13.9. The van der Waals surface area contributed by atoms with Crippen molar-refractivity contribution in [2.75, 3.05) is 13.2 Å². The largest absolute Gasteiger partial charge is 0.457 e. The standard InChI is InChI=1S/C22H22F5NO3/c1-2-21(23,24)30-13-11-20(29)28-12-10-18-15(14-28)4-3-5-19(18)31-17-8-6-16(7-9-17)22(25,26)27/h3-9H,2,10-14H2,1H3. The Balaban J connectivity index is 1.63. The van der Waals surface area contributed by atoms with Gasteiger partial charge in [0.1, 0.15) is 11.5 Å². The van der Waals surface area contributed by atoms with Gasteiger partial charge in [-0.2, -0.15) is 22.0 Å². The van der Waals surface area contributed by atoms with Crippen LogP contribution >= 0.6 is 0 Å². The first-order chi connectivity index (χ1) is 14.6. The van der Waals surface area contributed by atoms with Gasteiger partial charge in [-0.05, 0) is 42.3 Å². The van der Waals surface area contributed by atoms with Crippen LogP contribution in [0, 0.1) is 0 Å². The number of amides is 1. The average Bonchev–Trinajstić information content (AvgIpc) is 2.73. The molecule has 9 heteroatoms. The number of halogens is 5. The zero-order valence-electron chi connectivity index (χ0n) is 16.8. The molecule has 2 aromatic carbocycles. The number of rotatable bonds is 7. The number of alkyl halides is 5. The highest BCUT2D eigenvalue weighted by Crippen LogP contribution is 2.34. The number of hydrogen-bond donors (Lipinski definition) is 0. The maximum Gasteiger partial charge on any atom is 0.416 e. The molecule has 0 N–H and O–H groups in total. The average molecular weight is 443 g/mol. The van der Waals surface area contributed by atoms with Gasteiger partial charge in [0.15, 0.2) is 0 Å². The van der Waals surface area contributed by atoms with E-state index in [4.69, 9.17) is 4.74 Å². The summed E-state index contributed by atoms with van der Waals surface area (Å²) in [5.41, 5.74) is 0.939. The van der Waals surface area contributed by atoms with Gasteiger partial charge in [-0.1, -0.05) is 19.1 Å². The Bertz CT molecular complexity index is 912. The van der Waals surface area contributed by atoms with Gasteiger partial charge >= 0.3 is 12.3 Å². The summed E-state index contributed by atoms with van der Waals surface area (Å²) >= 11 is 0. The lowest BCUT2D eigenvalue weighted by Gasteiger charge is -2.30. The van der Waals surface area contributed by atoms with Crippen molar-refractivity contribution in [1.82, 2.24) is 4.90 Å². The van der Waals surface area contributed by atoms with E-state index >= 15 is 0 Å². The molecule has 3 rings (SSSR count). The van der Waals surface area contributed by atoms with E-state index in [0.717, 1.165) is 23.3 Å². The fourth-order valence-corrected chi connectivity index (χ4v) is 3.27. The van der Waals surface area contributed by atoms with Crippen molar-refractivity contribution in [2.24, 2.45) is 0 Å². The first kappa shape index (κ1) is 23.0. The van der Waals surface area contributed by atoms with Crippen LogP contribution in [-0.4, -0.2) is 30.1 Å². The first-order valence-corrected chi connectivity index (χ1v) is 9.84. The Labute approximate surface area is 176 Å². The van der Waals surface area contributed by atoms with Crippen LogP contribution in [0.2, 0.25) is 0 Å². The normalized spacial score (nSPS) is 14.3. The van der Waals surface area contributed by atoms with Crippen LogP contribution in [-0.2, 0) is 28.7 Å². The summed E-state index contributed by atoms with van der Waals surface area (Å²) in [6.45, 7) is 1.61. The van der Waals surface area contributed by atoms with E-state index in [1.54, 1.807) is 17.0 Å². The van der Waals surface area contributed by atoms with Crippen molar-refractivity contribution in [3.05, 3.63) is 59.2 Å². The Morgan fingerprint density at radius 3 is 2.42 bits per heavy atom. The Morgan fingerprint density at radius 1 is 1.06 bits per heavy atom. The van der Waals surface area contributed by atoms with Crippen molar-refractivity contribution < 1.29 is 36.2 Å². The molecule has 0 spiro atoms. The van der Waals surface area contributed by atoms with E-state index in [0.29, 0.717) is 25.3 Å². The van der Waals surface area contributed by atoms with Crippen molar-refractivity contribution in [1.29, 1.82) is 0 Å². The molecule has 2 aromatic rings. The Kier molecular flexibility index (Phi) is 6.83. The van der Waals surface area contributed by atoms with Gasteiger partial charge in [0.25, 0.3) is 0 Å². The van der Waals surface area contributed by atoms with Crippen molar-refractivity contribution in [3.63, 3.8) is 0 Å². The lowest BCUT2D eigenvalue weighted by Crippen LogP contribution is -2.37. The summed E-state index contributed by atoms with van der Waals surface area (Å²) in [7, 11) is 0. The van der Waals surface area contributed by atoms with Crippen LogP contribution in [0.15, 0.2) is 42.5 Å². The predicted octanol–water partition coefficient (Wildman–Crippen LogP) is 5.79. The predicted molar refractivity (Wildman–Crippen MR) is 103 cm³/mol. The summed E-state index contributed by atoms with van der Waals surface area (Å²) in [5.74, 6) is 0.496. The molecular weight excluding hydrogens is 421 g/mol. The highest BCUT2D eigenvalue weighted by molar-refractivity contribution is 5.76. The van der Waals surface area contributed by atoms with E-state index in [1.165, 1.54) is 19.1 Å². The zero-order valence-corrected chi connectivity index (χ0v) is 16.8. The number of carbonyl (C=O) groups is 1. The molecule has 0 aliphatic carbocycles. The van der Waals surface area contributed by atoms with Gasteiger partial charge in [-0.15, -0.1) is 0 Å². The van der Waals surface area contributed by atoms with Gasteiger partial charge in [0.05, 0.1) is 18.6 Å². The van der Waals surface area contributed by atoms with E-state index in [9.17, 15) is 26.7 Å². The SMILES string of the molecule is CCC(F)(F)OCCC(=O)N1CCc2c(cccc2Oc2ccc(C(F)(F)F)cc2)C1. The molecule has 1 amide bonds. The van der Waals surface area contributed by atoms with Crippen molar-refractivity contribution in [3.8, 4) is 11.5 Å². The van der Waals surface area contributed by atoms with Crippen LogP contribution in [0.4, 0.5) is 22.0 Å². The fraction of sp³-hybridized carbons (Fsp3) is 0.409. The number of carbonyl (C=O) groups excluding carboxylic acids is 1. The Hall–Kier alpha value is -2.68. The molecule has 0 aromatic heterocycles. The van der Waals surface area contributed by atoms with E-state index in [2.05, 4.69) is 4.74 Å². The van der Waals surface area contributed by atoms with Gasteiger partial charge < -0.3 is 14.4 Å². The molecule has 0 unspecified atom stereocenters. The summed E-state index contributed by atoms with van der Waals surface area (Å²) in [5, 5.41) is 0. The van der Waals surface area contributed by atoms with Gasteiger partial charge in [0, 0.05) is 25.1 Å². The zero-order chi connectivity index (χ0) is 22.6. The second kappa shape index (κ2) is 9.21. The van der Waals surface area contributed by atoms with Crippen LogP contribution in [0.3, 0.4) is 0 Å². The molecule has 0 bridgehead atoms. The van der Waals surface area contributed by atoms with Gasteiger partial charge in [0.2, 0.25) is 5.91 Å². The molecule has 0 saturated heterocycles. The quantitative estimate of drug-likeness (QED) is 0.509. The molecule has 0 radical (unpaired) electrons. The lowest BCUT2D eigenvalue weighted by molar-refractivity contribution is -0.239. The third-order valence-electron chi connectivity index (χ3n) is 5.03. The summed E-state index contributed by atoms with van der Waals surface area (Å²) in [6.07, 6.45) is -7.78. The number of fused-ring (bicyclic) bond motifs is 1. The van der Waals surface area contributed by atoms with Crippen LogP contribution in [0.25, 0.3) is 0 Å². The minimum absolute atomic E-state index is 0.146. The van der Waals surface area contributed by atoms with E-state index < -0.39 is 24.3 Å². The summed E-state index contributed by atoms with van der Waals surface area (Å²) in [6, 6.07) is 9.70. The highest BCUT2D eigenvalue weighted by atomic mass is 19.4.